The Balaban J connectivity index is 1.24. The van der Waals surface area contributed by atoms with Crippen LogP contribution in [-0.4, -0.2) is 32.5 Å². The van der Waals surface area contributed by atoms with Gasteiger partial charge in [-0.15, -0.1) is 0 Å². The molecular weight excluding hydrogens is 366 g/mol. The Labute approximate surface area is 168 Å². The van der Waals surface area contributed by atoms with Crippen LogP contribution in [0.15, 0.2) is 57.8 Å². The Morgan fingerprint density at radius 2 is 2.00 bits per heavy atom. The van der Waals surface area contributed by atoms with E-state index < -0.39 is 0 Å². The number of aliphatic imine (C=N–C) groups is 1. The maximum atomic E-state index is 5.42. The molecule has 146 valence electrons. The van der Waals surface area contributed by atoms with Crippen LogP contribution in [0.1, 0.15) is 24.3 Å². The zero-order valence-corrected chi connectivity index (χ0v) is 16.1. The largest absolute Gasteiger partial charge is 0.359 e. The van der Waals surface area contributed by atoms with Crippen molar-refractivity contribution in [3.63, 3.8) is 0 Å². The fourth-order valence-corrected chi connectivity index (χ4v) is 3.28. The summed E-state index contributed by atoms with van der Waals surface area (Å²) in [6.07, 6.45) is 8.19. The Morgan fingerprint density at radius 1 is 1.14 bits per heavy atom. The van der Waals surface area contributed by atoms with Crippen molar-refractivity contribution < 1.29 is 4.52 Å². The molecule has 5 rings (SSSR count). The Bertz CT molecular complexity index is 1080. The molecule has 0 atom stereocenters. The second kappa shape index (κ2) is 7.46. The normalized spacial score (nSPS) is 15.8. The van der Waals surface area contributed by atoms with Gasteiger partial charge in [0.1, 0.15) is 17.3 Å². The predicted octanol–water partition coefficient (Wildman–Crippen LogP) is 3.61. The molecule has 1 saturated carbocycles. The molecule has 0 amide bonds. The third-order valence-electron chi connectivity index (χ3n) is 4.92. The second-order valence-corrected chi connectivity index (χ2v) is 7.31. The predicted molar refractivity (Wildman–Crippen MR) is 111 cm³/mol. The first-order chi connectivity index (χ1) is 14.2. The monoisotopic (exact) mass is 387 g/mol. The molecule has 0 unspecified atom stereocenters. The average Bonchev–Trinajstić information content (AvgIpc) is 3.29. The Kier molecular flexibility index (Phi) is 4.51. The Hall–Kier alpha value is -3.55. The second-order valence-electron chi connectivity index (χ2n) is 7.31. The van der Waals surface area contributed by atoms with Crippen LogP contribution in [0.2, 0.25) is 0 Å². The Morgan fingerprint density at radius 3 is 2.83 bits per heavy atom. The highest BCUT2D eigenvalue weighted by atomic mass is 16.5. The molecule has 3 aromatic heterocycles. The van der Waals surface area contributed by atoms with E-state index in [2.05, 4.69) is 41.8 Å². The van der Waals surface area contributed by atoms with E-state index in [9.17, 15) is 0 Å². The molecule has 1 aliphatic heterocycles. The SMILES string of the molecule is Cc1cc(NC2=NCC(C3CC3)=C2)nc(NCc2cc(-c3ccncc3)no2)n1. The van der Waals surface area contributed by atoms with Gasteiger partial charge in [0.05, 0.1) is 13.1 Å². The highest BCUT2D eigenvalue weighted by molar-refractivity contribution is 6.05. The summed E-state index contributed by atoms with van der Waals surface area (Å²) in [5, 5.41) is 10.6. The highest BCUT2D eigenvalue weighted by Crippen LogP contribution is 2.37. The van der Waals surface area contributed by atoms with E-state index in [-0.39, 0.29) is 0 Å². The van der Waals surface area contributed by atoms with Gasteiger partial charge >= 0.3 is 0 Å². The van der Waals surface area contributed by atoms with E-state index in [0.717, 1.165) is 41.1 Å². The van der Waals surface area contributed by atoms with Gasteiger partial charge in [0.2, 0.25) is 5.95 Å². The van der Waals surface area contributed by atoms with Gasteiger partial charge in [-0.05, 0) is 49.5 Å². The molecule has 0 aromatic carbocycles. The van der Waals surface area contributed by atoms with Gasteiger partial charge in [-0.25, -0.2) is 4.98 Å². The molecule has 1 fully saturated rings. The topological polar surface area (TPSA) is 101 Å². The zero-order chi connectivity index (χ0) is 19.6. The lowest BCUT2D eigenvalue weighted by molar-refractivity contribution is 0.390. The maximum absolute atomic E-state index is 5.42. The van der Waals surface area contributed by atoms with Crippen LogP contribution in [0.5, 0.6) is 0 Å². The summed E-state index contributed by atoms with van der Waals surface area (Å²) in [7, 11) is 0. The summed E-state index contributed by atoms with van der Waals surface area (Å²) >= 11 is 0. The number of hydrogen-bond donors (Lipinski definition) is 2. The molecule has 3 aromatic rings. The van der Waals surface area contributed by atoms with Crippen LogP contribution in [0.25, 0.3) is 11.3 Å². The molecule has 0 radical (unpaired) electrons. The van der Waals surface area contributed by atoms with Gasteiger partial charge in [0.15, 0.2) is 5.76 Å². The molecule has 2 N–H and O–H groups in total. The minimum Gasteiger partial charge on any atom is -0.359 e. The molecular formula is C21H21N7O. The molecule has 0 saturated heterocycles. The van der Waals surface area contributed by atoms with Crippen molar-refractivity contribution in [2.24, 2.45) is 10.9 Å². The summed E-state index contributed by atoms with van der Waals surface area (Å²) in [4.78, 5) is 17.6. The summed E-state index contributed by atoms with van der Waals surface area (Å²) in [5.41, 5.74) is 4.02. The molecule has 0 bridgehead atoms. The van der Waals surface area contributed by atoms with E-state index in [1.54, 1.807) is 12.4 Å². The van der Waals surface area contributed by atoms with E-state index >= 15 is 0 Å². The zero-order valence-electron chi connectivity index (χ0n) is 16.1. The van der Waals surface area contributed by atoms with Crippen molar-refractivity contribution in [2.75, 3.05) is 17.2 Å². The van der Waals surface area contributed by atoms with Crippen LogP contribution in [-0.2, 0) is 6.54 Å². The molecule has 8 heteroatoms. The minimum atomic E-state index is 0.438. The quantitative estimate of drug-likeness (QED) is 0.666. The van der Waals surface area contributed by atoms with E-state index in [1.165, 1.54) is 18.4 Å². The van der Waals surface area contributed by atoms with E-state index in [0.29, 0.717) is 18.3 Å². The maximum Gasteiger partial charge on any atom is 0.225 e. The fraction of sp³-hybridized carbons (Fsp3) is 0.286. The van der Waals surface area contributed by atoms with Crippen molar-refractivity contribution in [3.8, 4) is 11.3 Å². The number of aryl methyl sites for hydroxylation is 1. The van der Waals surface area contributed by atoms with Crippen molar-refractivity contribution in [1.29, 1.82) is 0 Å². The fourth-order valence-electron chi connectivity index (χ4n) is 3.28. The number of nitrogens with zero attached hydrogens (tertiary/aromatic N) is 5. The summed E-state index contributed by atoms with van der Waals surface area (Å²) in [6.45, 7) is 3.18. The van der Waals surface area contributed by atoms with Gasteiger partial charge in [0.25, 0.3) is 0 Å². The molecule has 29 heavy (non-hydrogen) atoms. The first kappa shape index (κ1) is 17.5. The smallest absolute Gasteiger partial charge is 0.225 e. The lowest BCUT2D eigenvalue weighted by atomic mass is 10.2. The van der Waals surface area contributed by atoms with Crippen molar-refractivity contribution >= 4 is 17.6 Å². The van der Waals surface area contributed by atoms with E-state index in [1.807, 2.05) is 31.2 Å². The van der Waals surface area contributed by atoms with Gasteiger partial charge in [-0.3, -0.25) is 9.98 Å². The number of pyridine rings is 1. The van der Waals surface area contributed by atoms with Crippen LogP contribution in [0, 0.1) is 12.8 Å². The van der Waals surface area contributed by atoms with Crippen LogP contribution in [0.3, 0.4) is 0 Å². The van der Waals surface area contributed by atoms with Crippen molar-refractivity contribution in [2.45, 2.75) is 26.3 Å². The van der Waals surface area contributed by atoms with Gasteiger partial charge < -0.3 is 15.2 Å². The van der Waals surface area contributed by atoms with Crippen LogP contribution >= 0.6 is 0 Å². The summed E-state index contributed by atoms with van der Waals surface area (Å²) in [6, 6.07) is 7.60. The highest BCUT2D eigenvalue weighted by Gasteiger charge is 2.27. The lowest BCUT2D eigenvalue weighted by Crippen LogP contribution is -2.11. The van der Waals surface area contributed by atoms with Crippen molar-refractivity contribution in [1.82, 2.24) is 20.1 Å². The van der Waals surface area contributed by atoms with Crippen molar-refractivity contribution in [3.05, 3.63) is 59.8 Å². The standard InChI is InChI=1S/C21H21N7O/c1-13-8-20(26-19-9-16(11-23-19)14-2-3-14)27-21(25-13)24-12-17-10-18(28-29-17)15-4-6-22-7-5-15/h4-10,14H,2-3,11-12H2,1H3,(H2,23,24,25,26,27). The van der Waals surface area contributed by atoms with E-state index in [4.69, 9.17) is 4.52 Å². The van der Waals surface area contributed by atoms with Crippen LogP contribution < -0.4 is 10.6 Å². The average molecular weight is 387 g/mol. The number of nitrogens with one attached hydrogen (secondary N) is 2. The molecule has 2 aliphatic rings. The summed E-state index contributed by atoms with van der Waals surface area (Å²) in [5.74, 6) is 3.56. The molecule has 8 nitrogen and oxygen atoms in total. The number of anilines is 2. The van der Waals surface area contributed by atoms with Gasteiger partial charge in [-0.2, -0.15) is 4.98 Å². The molecule has 0 spiro atoms. The first-order valence-corrected chi connectivity index (χ1v) is 9.70. The first-order valence-electron chi connectivity index (χ1n) is 9.70. The van der Waals surface area contributed by atoms with Gasteiger partial charge in [-0.1, -0.05) is 5.16 Å². The number of aromatic nitrogens is 4. The number of amidine groups is 1. The third kappa shape index (κ3) is 4.16. The van der Waals surface area contributed by atoms with Gasteiger partial charge in [0, 0.05) is 35.8 Å². The third-order valence-corrected chi connectivity index (χ3v) is 4.92. The molecule has 4 heterocycles. The van der Waals surface area contributed by atoms with Crippen LogP contribution in [0.4, 0.5) is 11.8 Å². The number of rotatable bonds is 6. The summed E-state index contributed by atoms with van der Waals surface area (Å²) < 4.78 is 5.42. The molecule has 1 aliphatic carbocycles. The lowest BCUT2D eigenvalue weighted by Gasteiger charge is -2.08. The number of hydrogen-bond acceptors (Lipinski definition) is 8. The minimum absolute atomic E-state index is 0.438.